The van der Waals surface area contributed by atoms with Crippen LogP contribution in [0.25, 0.3) is 0 Å². The Kier molecular flexibility index (Phi) is 4.73. The molecular weight excluding hydrogens is 195 g/mol. The highest BCUT2D eigenvalue weighted by molar-refractivity contribution is 8.00. The van der Waals surface area contributed by atoms with Gasteiger partial charge in [-0.05, 0) is 18.8 Å². The van der Waals surface area contributed by atoms with Crippen LogP contribution in [0.15, 0.2) is 0 Å². The predicted molar refractivity (Wildman–Crippen MR) is 57.9 cm³/mol. The molecule has 0 aromatic rings. The lowest BCUT2D eigenvalue weighted by atomic mass is 10.1. The first-order chi connectivity index (χ1) is 5.27. The molecule has 1 rings (SSSR count). The zero-order valence-electron chi connectivity index (χ0n) is 6.71. The molecule has 1 aliphatic rings. The zero-order valence-corrected chi connectivity index (χ0v) is 10.0. The summed E-state index contributed by atoms with van der Waals surface area (Å²) in [5.41, 5.74) is 0. The van der Waals surface area contributed by atoms with Crippen molar-refractivity contribution >= 4 is 26.8 Å². The van der Waals surface area contributed by atoms with E-state index in [1.807, 2.05) is 0 Å². The zero-order chi connectivity index (χ0) is 8.27. The molecule has 0 aromatic heterocycles. The number of hydrogen-bond acceptors (Lipinski definition) is 2. The van der Waals surface area contributed by atoms with E-state index in [4.69, 9.17) is 4.52 Å². The van der Waals surface area contributed by atoms with Crippen LogP contribution in [0.2, 0.25) is 0 Å². The third-order valence-corrected chi connectivity index (χ3v) is 3.45. The second kappa shape index (κ2) is 5.05. The second-order valence-corrected chi connectivity index (χ2v) is 4.64. The van der Waals surface area contributed by atoms with E-state index in [1.54, 1.807) is 0 Å². The third-order valence-electron chi connectivity index (χ3n) is 2.17. The van der Waals surface area contributed by atoms with Gasteiger partial charge < -0.3 is 4.52 Å². The van der Waals surface area contributed by atoms with Gasteiger partial charge in [-0.15, -0.1) is 0 Å². The fourth-order valence-corrected chi connectivity index (χ4v) is 2.95. The van der Waals surface area contributed by atoms with Crippen LogP contribution in [0.5, 0.6) is 0 Å². The molecule has 1 aliphatic carbocycles. The van der Waals surface area contributed by atoms with E-state index in [0.717, 1.165) is 5.92 Å². The Balaban J connectivity index is 2.37. The molecule has 0 saturated heterocycles. The minimum absolute atomic E-state index is 0.429. The second-order valence-electron chi connectivity index (χ2n) is 3.12. The quantitative estimate of drug-likeness (QED) is 0.720. The van der Waals surface area contributed by atoms with E-state index in [0.29, 0.717) is 20.6 Å². The Morgan fingerprint density at radius 3 is 2.82 bits per heavy atom. The highest BCUT2D eigenvalue weighted by atomic mass is 32.0. The minimum Gasteiger partial charge on any atom is -0.354 e. The summed E-state index contributed by atoms with van der Waals surface area (Å²) in [4.78, 5) is 0. The third kappa shape index (κ3) is 2.87. The summed E-state index contributed by atoms with van der Waals surface area (Å²) >= 11 is 0. The lowest BCUT2D eigenvalue weighted by molar-refractivity contribution is 0.216. The lowest BCUT2D eigenvalue weighted by Gasteiger charge is -2.17. The van der Waals surface area contributed by atoms with Crippen LogP contribution in [-0.2, 0) is 4.52 Å². The van der Waals surface area contributed by atoms with Crippen molar-refractivity contribution in [1.82, 2.24) is 5.09 Å². The van der Waals surface area contributed by atoms with Gasteiger partial charge in [-0.25, -0.2) is 0 Å². The van der Waals surface area contributed by atoms with Gasteiger partial charge in [0.2, 0.25) is 0 Å². The Hall–Kier alpha value is 1.21. The fraction of sp³-hybridized carbons (Fsp3) is 1.00. The van der Waals surface area contributed by atoms with Crippen molar-refractivity contribution in [2.24, 2.45) is 5.92 Å². The van der Waals surface area contributed by atoms with Gasteiger partial charge >= 0.3 is 0 Å². The maximum absolute atomic E-state index is 5.59. The molecule has 2 nitrogen and oxygen atoms in total. The van der Waals surface area contributed by atoms with E-state index in [-0.39, 0.29) is 0 Å². The number of rotatable bonds is 3. The molecule has 1 N–H and O–H groups in total. The molecule has 0 radical (unpaired) electrons. The van der Waals surface area contributed by atoms with Crippen molar-refractivity contribution in [1.29, 1.82) is 0 Å². The smallest absolute Gasteiger partial charge is 0.0776 e. The van der Waals surface area contributed by atoms with Crippen molar-refractivity contribution < 1.29 is 4.52 Å². The summed E-state index contributed by atoms with van der Waals surface area (Å²) in [6.07, 6.45) is 2.87. The number of hydrogen-bond donors (Lipinski definition) is 1. The van der Waals surface area contributed by atoms with Crippen LogP contribution in [-0.4, -0.2) is 12.1 Å². The van der Waals surface area contributed by atoms with Crippen LogP contribution >= 0.6 is 26.8 Å². The molecule has 1 fully saturated rings. The first-order valence-electron chi connectivity index (χ1n) is 3.85. The van der Waals surface area contributed by atoms with E-state index in [1.165, 1.54) is 12.8 Å². The molecule has 0 bridgehead atoms. The van der Waals surface area contributed by atoms with E-state index in [9.17, 15) is 0 Å². The molecule has 0 spiro atoms. The van der Waals surface area contributed by atoms with Crippen LogP contribution in [0, 0.1) is 5.92 Å². The van der Waals surface area contributed by atoms with Crippen molar-refractivity contribution in [2.75, 3.05) is 0 Å². The molecular formula is C6H16NOP3. The maximum atomic E-state index is 5.59. The van der Waals surface area contributed by atoms with Gasteiger partial charge in [0, 0.05) is 14.5 Å². The number of nitrogens with one attached hydrogen (secondary N) is 1. The normalized spacial score (nSPS) is 39.0. The Morgan fingerprint density at radius 1 is 1.55 bits per heavy atom. The monoisotopic (exact) mass is 211 g/mol. The first kappa shape index (κ1) is 10.3. The molecule has 1 saturated carbocycles. The largest absolute Gasteiger partial charge is 0.354 e. The molecule has 0 aromatic carbocycles. The van der Waals surface area contributed by atoms with Gasteiger partial charge in [0.15, 0.2) is 0 Å². The van der Waals surface area contributed by atoms with E-state index in [2.05, 4.69) is 30.3 Å². The molecule has 0 heterocycles. The molecule has 66 valence electrons. The van der Waals surface area contributed by atoms with Crippen molar-refractivity contribution in [2.45, 2.75) is 31.9 Å². The van der Waals surface area contributed by atoms with Gasteiger partial charge in [-0.3, -0.25) is 5.09 Å². The summed E-state index contributed by atoms with van der Waals surface area (Å²) in [5.74, 6) is 0.805. The Labute approximate surface area is 74.8 Å². The van der Waals surface area contributed by atoms with Gasteiger partial charge in [-0.2, -0.15) is 0 Å². The van der Waals surface area contributed by atoms with E-state index < -0.39 is 0 Å². The highest BCUT2D eigenvalue weighted by Crippen LogP contribution is 2.35. The molecule has 0 amide bonds. The SMILES string of the molecule is C[C@H]1CC(NP)[C@@H](OPP)C1. The molecule has 11 heavy (non-hydrogen) atoms. The van der Waals surface area contributed by atoms with Gasteiger partial charge in [0.25, 0.3) is 0 Å². The van der Waals surface area contributed by atoms with Gasteiger partial charge in [0.05, 0.1) is 6.10 Å². The molecule has 5 heteroatoms. The van der Waals surface area contributed by atoms with Crippen molar-refractivity contribution in [3.8, 4) is 0 Å². The summed E-state index contributed by atoms with van der Waals surface area (Å²) in [6, 6.07) is 0.544. The van der Waals surface area contributed by atoms with Crippen molar-refractivity contribution in [3.05, 3.63) is 0 Å². The molecule has 4 unspecified atom stereocenters. The standard InChI is InChI=1S/C6H16NOP3/c1-4-2-5(7-9)6(3-4)8-11-10/h4-7,11H,2-3,9-10H2,1H3/t4-,5?,6-/m0/s1. The first-order valence-corrected chi connectivity index (χ1v) is 7.14. The Morgan fingerprint density at radius 2 is 2.27 bits per heavy atom. The Bertz CT molecular complexity index is 124. The summed E-state index contributed by atoms with van der Waals surface area (Å²) in [6.45, 7) is 2.28. The van der Waals surface area contributed by atoms with Crippen LogP contribution in [0.3, 0.4) is 0 Å². The minimum atomic E-state index is 0.429. The summed E-state index contributed by atoms with van der Waals surface area (Å²) < 4.78 is 5.59. The van der Waals surface area contributed by atoms with E-state index >= 15 is 0 Å². The van der Waals surface area contributed by atoms with Crippen LogP contribution in [0.4, 0.5) is 0 Å². The van der Waals surface area contributed by atoms with Gasteiger partial charge in [0.1, 0.15) is 0 Å². The van der Waals surface area contributed by atoms with Crippen LogP contribution < -0.4 is 5.09 Å². The lowest BCUT2D eigenvalue weighted by Crippen LogP contribution is -2.29. The topological polar surface area (TPSA) is 21.3 Å². The summed E-state index contributed by atoms with van der Waals surface area (Å²) in [5, 5.41) is 3.22. The van der Waals surface area contributed by atoms with Crippen LogP contribution in [0.1, 0.15) is 19.8 Å². The van der Waals surface area contributed by atoms with Crippen molar-refractivity contribution in [3.63, 3.8) is 0 Å². The fourth-order valence-electron chi connectivity index (χ4n) is 1.64. The highest BCUT2D eigenvalue weighted by Gasteiger charge is 2.31. The van der Waals surface area contributed by atoms with Gasteiger partial charge in [-0.1, -0.05) is 25.2 Å². The molecule has 6 atom stereocenters. The predicted octanol–water partition coefficient (Wildman–Crippen LogP) is 1.93. The maximum Gasteiger partial charge on any atom is 0.0776 e. The molecule has 0 aliphatic heterocycles. The average Bonchev–Trinajstić information content (AvgIpc) is 2.32. The average molecular weight is 211 g/mol. The summed E-state index contributed by atoms with van der Waals surface area (Å²) in [7, 11) is 5.75.